The molecule has 10 atom stereocenters. The fourth-order valence-corrected chi connectivity index (χ4v) is 7.39. The highest BCUT2D eigenvalue weighted by atomic mass is 16.8. The van der Waals surface area contributed by atoms with Gasteiger partial charge >= 0.3 is 41.8 Å². The van der Waals surface area contributed by atoms with Crippen LogP contribution in [0.5, 0.6) is 11.5 Å². The molecular formula is C42H58N2O20. The van der Waals surface area contributed by atoms with E-state index in [2.05, 4.69) is 10.2 Å². The molecule has 3 fully saturated rings. The van der Waals surface area contributed by atoms with Crippen molar-refractivity contribution < 1.29 is 95.2 Å². The van der Waals surface area contributed by atoms with Gasteiger partial charge in [0.2, 0.25) is 12.4 Å². The number of piperidine rings is 1. The van der Waals surface area contributed by atoms with E-state index in [9.17, 15) is 38.4 Å². The minimum absolute atomic E-state index is 0.0157. The Kier molecular flexibility index (Phi) is 19.5. The Bertz CT molecular complexity index is 1820. The van der Waals surface area contributed by atoms with Crippen molar-refractivity contribution in [3.63, 3.8) is 0 Å². The zero-order chi connectivity index (χ0) is 47.1. The molecule has 3 heterocycles. The van der Waals surface area contributed by atoms with Crippen LogP contribution in [-0.2, 0) is 80.9 Å². The molecule has 1 amide bonds. The van der Waals surface area contributed by atoms with E-state index in [1.165, 1.54) is 31.7 Å². The number of hydrogen-bond acceptors (Lipinski definition) is 21. The van der Waals surface area contributed by atoms with Crippen LogP contribution in [0.15, 0.2) is 18.2 Å². The number of hydrogen-bond donors (Lipinski definition) is 1. The minimum atomic E-state index is -1.86. The Balaban J connectivity index is 1.71. The molecule has 4 rings (SSSR count). The van der Waals surface area contributed by atoms with Gasteiger partial charge in [-0.15, -0.1) is 0 Å². The van der Waals surface area contributed by atoms with Gasteiger partial charge in [-0.2, -0.15) is 0 Å². The molecule has 1 aromatic carbocycles. The first-order valence-corrected chi connectivity index (χ1v) is 20.8. The van der Waals surface area contributed by atoms with Crippen molar-refractivity contribution in [2.45, 2.75) is 136 Å². The van der Waals surface area contributed by atoms with Crippen LogP contribution in [0.4, 0.5) is 0 Å². The van der Waals surface area contributed by atoms with Crippen LogP contribution in [0.1, 0.15) is 84.5 Å². The number of likely N-dealkylation sites (tertiary alicyclic amines) is 1. The fourth-order valence-electron chi connectivity index (χ4n) is 7.39. The van der Waals surface area contributed by atoms with Crippen LogP contribution < -0.4 is 14.8 Å². The zero-order valence-electron chi connectivity index (χ0n) is 37.2. The van der Waals surface area contributed by atoms with E-state index in [4.69, 9.17) is 56.8 Å². The summed E-state index contributed by atoms with van der Waals surface area (Å²) >= 11 is 0. The summed E-state index contributed by atoms with van der Waals surface area (Å²) in [6, 6.07) is 4.31. The van der Waals surface area contributed by atoms with Gasteiger partial charge in [0.25, 0.3) is 5.91 Å². The SMILES string of the molecule is COc1cc(C(=O)NCCCN2CCCCC2)ccc1OC1OC(COC(C)=O)C(OC2OC(COC(C)=O)C(OC(C)=O)C(OC(C)=O)C2OC(C)=O)C(OC(C)=O)C1OC(C)=O. The molecule has 0 aromatic heterocycles. The molecule has 10 unspecified atom stereocenters. The molecule has 0 aliphatic carbocycles. The quantitative estimate of drug-likeness (QED) is 0.116. The van der Waals surface area contributed by atoms with E-state index < -0.39 is 116 Å². The smallest absolute Gasteiger partial charge is 0.303 e. The van der Waals surface area contributed by atoms with Gasteiger partial charge in [0, 0.05) is 60.6 Å². The highest BCUT2D eigenvalue weighted by molar-refractivity contribution is 5.94. The number of carbonyl (C=O) groups is 8. The molecule has 1 aromatic rings. The van der Waals surface area contributed by atoms with Gasteiger partial charge in [-0.1, -0.05) is 6.42 Å². The van der Waals surface area contributed by atoms with Crippen molar-refractivity contribution in [2.24, 2.45) is 0 Å². The summed E-state index contributed by atoms with van der Waals surface area (Å²) in [5.41, 5.74) is 0.243. The number of amides is 1. The van der Waals surface area contributed by atoms with Crippen LogP contribution in [0.2, 0.25) is 0 Å². The average molecular weight is 911 g/mol. The summed E-state index contributed by atoms with van der Waals surface area (Å²) in [6.45, 7) is 9.57. The van der Waals surface area contributed by atoms with E-state index in [1.54, 1.807) is 0 Å². The summed E-state index contributed by atoms with van der Waals surface area (Å²) < 4.78 is 68.9. The molecule has 356 valence electrons. The van der Waals surface area contributed by atoms with Gasteiger partial charge < -0.3 is 67.1 Å². The molecule has 3 saturated heterocycles. The van der Waals surface area contributed by atoms with Crippen LogP contribution in [0.25, 0.3) is 0 Å². The number of nitrogens with zero attached hydrogens (tertiary/aromatic N) is 1. The number of benzene rings is 1. The summed E-state index contributed by atoms with van der Waals surface area (Å²) in [6.07, 6.45) is -12.2. The van der Waals surface area contributed by atoms with Crippen LogP contribution >= 0.6 is 0 Å². The van der Waals surface area contributed by atoms with Gasteiger partial charge in [-0.05, 0) is 57.1 Å². The van der Waals surface area contributed by atoms with Crippen molar-refractivity contribution in [3.8, 4) is 11.5 Å². The van der Waals surface area contributed by atoms with Crippen molar-refractivity contribution in [3.05, 3.63) is 23.8 Å². The predicted octanol–water partition coefficient (Wildman–Crippen LogP) is 1.30. The molecule has 0 radical (unpaired) electrons. The van der Waals surface area contributed by atoms with Crippen molar-refractivity contribution in [1.29, 1.82) is 0 Å². The second-order valence-corrected chi connectivity index (χ2v) is 15.2. The van der Waals surface area contributed by atoms with Crippen molar-refractivity contribution >= 4 is 47.7 Å². The lowest BCUT2D eigenvalue weighted by Gasteiger charge is -2.48. The molecule has 0 bridgehead atoms. The monoisotopic (exact) mass is 910 g/mol. The van der Waals surface area contributed by atoms with Crippen LogP contribution in [0.3, 0.4) is 0 Å². The lowest BCUT2D eigenvalue weighted by molar-refractivity contribution is -0.354. The Hall–Kier alpha value is -5.58. The molecule has 64 heavy (non-hydrogen) atoms. The molecule has 22 nitrogen and oxygen atoms in total. The van der Waals surface area contributed by atoms with Gasteiger partial charge in [-0.25, -0.2) is 0 Å². The van der Waals surface area contributed by atoms with E-state index in [0.29, 0.717) is 6.54 Å². The number of esters is 7. The van der Waals surface area contributed by atoms with E-state index >= 15 is 0 Å². The van der Waals surface area contributed by atoms with Gasteiger partial charge in [0.05, 0.1) is 7.11 Å². The third kappa shape index (κ3) is 15.3. The Morgan fingerprint density at radius 2 is 1.08 bits per heavy atom. The predicted molar refractivity (Wildman–Crippen MR) is 214 cm³/mol. The van der Waals surface area contributed by atoms with Crippen molar-refractivity contribution in [2.75, 3.05) is 46.5 Å². The lowest BCUT2D eigenvalue weighted by atomic mass is 9.96. The lowest BCUT2D eigenvalue weighted by Crippen LogP contribution is -2.67. The first-order chi connectivity index (χ1) is 30.4. The number of rotatable bonds is 19. The maximum absolute atomic E-state index is 13.1. The highest BCUT2D eigenvalue weighted by Gasteiger charge is 2.58. The molecule has 0 spiro atoms. The maximum atomic E-state index is 13.1. The normalized spacial score (nSPS) is 26.8. The van der Waals surface area contributed by atoms with Crippen LogP contribution in [-0.4, -0.2) is 161 Å². The number of carbonyl (C=O) groups excluding carboxylic acids is 8. The van der Waals surface area contributed by atoms with Crippen molar-refractivity contribution in [1.82, 2.24) is 10.2 Å². The number of ether oxygens (including phenoxy) is 12. The highest BCUT2D eigenvalue weighted by Crippen LogP contribution is 2.38. The average Bonchev–Trinajstić information content (AvgIpc) is 3.21. The topological polar surface area (TPSA) is 263 Å². The summed E-state index contributed by atoms with van der Waals surface area (Å²) in [4.78, 5) is 102. The summed E-state index contributed by atoms with van der Waals surface area (Å²) in [5.74, 6) is -6.43. The number of methoxy groups -OCH3 is 1. The van der Waals surface area contributed by atoms with Gasteiger partial charge in [0.15, 0.2) is 42.2 Å². The molecule has 3 aliphatic rings. The second-order valence-electron chi connectivity index (χ2n) is 15.2. The molecule has 22 heteroatoms. The molecule has 0 saturated carbocycles. The molecule has 3 aliphatic heterocycles. The first kappa shape index (κ1) is 51.1. The van der Waals surface area contributed by atoms with E-state index in [0.717, 1.165) is 87.4 Å². The second kappa shape index (κ2) is 24.5. The third-order valence-corrected chi connectivity index (χ3v) is 9.94. The Morgan fingerprint density at radius 3 is 1.61 bits per heavy atom. The van der Waals surface area contributed by atoms with E-state index in [-0.39, 0.29) is 23.0 Å². The summed E-state index contributed by atoms with van der Waals surface area (Å²) in [5, 5.41) is 2.91. The minimum Gasteiger partial charge on any atom is -0.493 e. The molecule has 1 N–H and O–H groups in total. The fraction of sp³-hybridized carbons (Fsp3) is 0.667. The zero-order valence-corrected chi connectivity index (χ0v) is 37.2. The largest absolute Gasteiger partial charge is 0.493 e. The third-order valence-electron chi connectivity index (χ3n) is 9.94. The first-order valence-electron chi connectivity index (χ1n) is 20.8. The van der Waals surface area contributed by atoms with Crippen LogP contribution in [0, 0.1) is 0 Å². The summed E-state index contributed by atoms with van der Waals surface area (Å²) in [7, 11) is 1.33. The van der Waals surface area contributed by atoms with Gasteiger partial charge in [0.1, 0.15) is 31.5 Å². The van der Waals surface area contributed by atoms with Gasteiger partial charge in [-0.3, -0.25) is 38.4 Å². The Labute approximate surface area is 370 Å². The standard InChI is InChI=1S/C42H58N2O20/c1-22(45)54-20-32-34(56-24(3)47)36(57-25(4)48)39(60-28(7)51)42(63-32)64-35-33(21-55-23(2)46)62-41(38(59-27(6)50)37(35)58-26(5)49)61-30-14-13-29(19-31(30)53-8)40(52)43-15-12-18-44-16-10-9-11-17-44/h13-14,19,32-39,41-42H,9-12,15-18,20-21H2,1-8H3,(H,43,52). The Morgan fingerprint density at radius 1 is 0.594 bits per heavy atom. The number of nitrogens with one attached hydrogen (secondary N) is 1. The van der Waals surface area contributed by atoms with E-state index in [1.807, 2.05) is 0 Å². The molecular weight excluding hydrogens is 852 g/mol. The maximum Gasteiger partial charge on any atom is 0.303 e.